The fraction of sp³-hybridized carbons (Fsp3) is 0.633. The first-order chi connectivity index (χ1) is 18.6. The average Bonchev–Trinajstić information content (AvgIpc) is 3.58. The molecule has 9 nitrogen and oxygen atoms in total. The molecule has 1 saturated heterocycles. The first-order valence-corrected chi connectivity index (χ1v) is 14.3. The number of carbonyl (C=O) groups is 2. The number of β-amino-alcohol motifs (C(OH)–C–C–N with tert-alkyl or cyclic N) is 1. The van der Waals surface area contributed by atoms with E-state index in [2.05, 4.69) is 15.3 Å². The van der Waals surface area contributed by atoms with E-state index in [0.717, 1.165) is 29.9 Å². The van der Waals surface area contributed by atoms with Crippen molar-refractivity contribution in [3.8, 4) is 11.3 Å². The highest BCUT2D eigenvalue weighted by atomic mass is 16.3. The molecule has 4 atom stereocenters. The Hall–Kier alpha value is -2.75. The molecule has 0 bridgehead atoms. The molecular weight excluding hydrogens is 494 g/mol. The summed E-state index contributed by atoms with van der Waals surface area (Å²) in [5, 5.41) is 27.5. The van der Waals surface area contributed by atoms with Gasteiger partial charge in [-0.05, 0) is 37.2 Å². The Kier molecular flexibility index (Phi) is 15.0. The smallest absolute Gasteiger partial charge is 0.243 e. The molecular formula is C30H51N5O4. The molecule has 2 amide bonds. The zero-order valence-electron chi connectivity index (χ0n) is 25.4. The standard InChI is InChI=1S/C26H39N5O4.2C2H6/c1-17(2)18(3)26(35)30-15-21(33)14-24(30)25(34)28-22(16-32)19-6-8-20(9-7-19)23-10-11-27-31(23)13-12-29(4)5;2*1-2/h6-11,17-18,21-22,24,32-33H,12-16H2,1-5H3,(H,28,34);2*1-2H3. The second kappa shape index (κ2) is 17.0. The summed E-state index contributed by atoms with van der Waals surface area (Å²) >= 11 is 0. The van der Waals surface area contributed by atoms with E-state index < -0.39 is 18.2 Å². The lowest BCUT2D eigenvalue weighted by Crippen LogP contribution is -2.49. The Balaban J connectivity index is 0.00000181. The van der Waals surface area contributed by atoms with E-state index >= 15 is 0 Å². The number of hydrogen-bond donors (Lipinski definition) is 3. The Bertz CT molecular complexity index is 989. The van der Waals surface area contributed by atoms with E-state index in [1.54, 1.807) is 6.20 Å². The SMILES string of the molecule is CC.CC.CC(C)C(C)C(=O)N1CC(O)CC1C(=O)NC(CO)c1ccc(-c2ccnn2CCN(C)C)cc1. The third-order valence-electron chi connectivity index (χ3n) is 6.84. The highest BCUT2D eigenvalue weighted by Crippen LogP contribution is 2.26. The normalized spacial score (nSPS) is 18.1. The third kappa shape index (κ3) is 9.44. The summed E-state index contributed by atoms with van der Waals surface area (Å²) in [6.07, 6.45) is 1.23. The Morgan fingerprint density at radius 1 is 1.08 bits per heavy atom. The van der Waals surface area contributed by atoms with Crippen LogP contribution < -0.4 is 5.32 Å². The van der Waals surface area contributed by atoms with Crippen LogP contribution in [0.3, 0.4) is 0 Å². The summed E-state index contributed by atoms with van der Waals surface area (Å²) in [7, 11) is 4.04. The average molecular weight is 546 g/mol. The highest BCUT2D eigenvalue weighted by molar-refractivity contribution is 5.89. The number of nitrogens with one attached hydrogen (secondary N) is 1. The van der Waals surface area contributed by atoms with E-state index in [4.69, 9.17) is 0 Å². The van der Waals surface area contributed by atoms with E-state index in [-0.39, 0.29) is 43.2 Å². The molecule has 1 aliphatic heterocycles. The molecule has 0 radical (unpaired) electrons. The van der Waals surface area contributed by atoms with Gasteiger partial charge < -0.3 is 25.3 Å². The van der Waals surface area contributed by atoms with E-state index in [9.17, 15) is 19.8 Å². The molecule has 1 aliphatic rings. The summed E-state index contributed by atoms with van der Waals surface area (Å²) in [5.41, 5.74) is 2.75. The van der Waals surface area contributed by atoms with Gasteiger partial charge in [-0.25, -0.2) is 0 Å². The number of aliphatic hydroxyl groups excluding tert-OH is 2. The zero-order valence-corrected chi connectivity index (χ0v) is 25.4. The topological polar surface area (TPSA) is 111 Å². The maximum atomic E-state index is 13.1. The minimum absolute atomic E-state index is 0.131. The van der Waals surface area contributed by atoms with Crippen molar-refractivity contribution in [1.29, 1.82) is 0 Å². The molecule has 2 heterocycles. The van der Waals surface area contributed by atoms with Gasteiger partial charge in [0.1, 0.15) is 6.04 Å². The van der Waals surface area contributed by atoms with Crippen LogP contribution in [0, 0.1) is 11.8 Å². The first kappa shape index (κ1) is 34.3. The van der Waals surface area contributed by atoms with E-state index in [0.29, 0.717) is 0 Å². The van der Waals surface area contributed by atoms with Gasteiger partial charge in [-0.1, -0.05) is 72.7 Å². The van der Waals surface area contributed by atoms with Crippen LogP contribution in [0.2, 0.25) is 0 Å². The van der Waals surface area contributed by atoms with Crippen molar-refractivity contribution in [2.24, 2.45) is 11.8 Å². The van der Waals surface area contributed by atoms with Gasteiger partial charge in [-0.15, -0.1) is 0 Å². The van der Waals surface area contributed by atoms with Crippen LogP contribution in [0.4, 0.5) is 0 Å². The van der Waals surface area contributed by atoms with Crippen LogP contribution in [0.15, 0.2) is 36.5 Å². The highest BCUT2D eigenvalue weighted by Gasteiger charge is 2.41. The summed E-state index contributed by atoms with van der Waals surface area (Å²) in [5.74, 6) is -0.613. The zero-order chi connectivity index (χ0) is 29.7. The number of aromatic nitrogens is 2. The molecule has 39 heavy (non-hydrogen) atoms. The fourth-order valence-corrected chi connectivity index (χ4v) is 4.29. The summed E-state index contributed by atoms with van der Waals surface area (Å²) < 4.78 is 1.95. The lowest BCUT2D eigenvalue weighted by atomic mass is 9.96. The molecule has 0 aliphatic carbocycles. The molecule has 0 spiro atoms. The minimum atomic E-state index is -0.752. The summed E-state index contributed by atoms with van der Waals surface area (Å²) in [4.78, 5) is 29.6. The second-order valence-electron chi connectivity index (χ2n) is 10.0. The molecule has 3 N–H and O–H groups in total. The van der Waals surface area contributed by atoms with Crippen LogP contribution in [0.1, 0.15) is 66.5 Å². The Morgan fingerprint density at radius 3 is 2.23 bits per heavy atom. The summed E-state index contributed by atoms with van der Waals surface area (Å²) in [6.45, 7) is 15.3. The van der Waals surface area contributed by atoms with Gasteiger partial charge in [0.2, 0.25) is 11.8 Å². The quantitative estimate of drug-likeness (QED) is 0.421. The molecule has 2 aromatic rings. The lowest BCUT2D eigenvalue weighted by Gasteiger charge is -2.29. The van der Waals surface area contributed by atoms with Crippen molar-refractivity contribution >= 4 is 11.8 Å². The second-order valence-corrected chi connectivity index (χ2v) is 10.0. The van der Waals surface area contributed by atoms with E-state index in [1.165, 1.54) is 4.90 Å². The molecule has 1 fully saturated rings. The number of aliphatic hydroxyl groups is 2. The maximum absolute atomic E-state index is 13.1. The van der Waals surface area contributed by atoms with Crippen LogP contribution in [0.25, 0.3) is 11.3 Å². The number of carbonyl (C=O) groups excluding carboxylic acids is 2. The molecule has 9 heteroatoms. The number of hydrogen-bond acceptors (Lipinski definition) is 6. The van der Waals surface area contributed by atoms with Crippen molar-refractivity contribution in [2.45, 2.75) is 79.6 Å². The van der Waals surface area contributed by atoms with Crippen molar-refractivity contribution in [2.75, 3.05) is 33.8 Å². The van der Waals surface area contributed by atoms with E-state index in [1.807, 2.05) is 97.6 Å². The van der Waals surface area contributed by atoms with Crippen molar-refractivity contribution in [3.63, 3.8) is 0 Å². The van der Waals surface area contributed by atoms with Crippen LogP contribution in [-0.2, 0) is 16.1 Å². The first-order valence-electron chi connectivity index (χ1n) is 14.3. The molecule has 1 aromatic carbocycles. The van der Waals surface area contributed by atoms with Gasteiger partial charge in [0.15, 0.2) is 0 Å². The van der Waals surface area contributed by atoms with Gasteiger partial charge in [-0.3, -0.25) is 14.3 Å². The molecule has 220 valence electrons. The molecule has 4 unspecified atom stereocenters. The number of likely N-dealkylation sites (N-methyl/N-ethyl adjacent to an activating group) is 1. The molecule has 3 rings (SSSR count). The predicted molar refractivity (Wildman–Crippen MR) is 157 cm³/mol. The number of nitrogens with zero attached hydrogens (tertiary/aromatic N) is 4. The van der Waals surface area contributed by atoms with Crippen LogP contribution >= 0.6 is 0 Å². The van der Waals surface area contributed by atoms with Crippen molar-refractivity contribution < 1.29 is 19.8 Å². The Morgan fingerprint density at radius 2 is 1.69 bits per heavy atom. The van der Waals surface area contributed by atoms with Crippen LogP contribution in [-0.4, -0.2) is 87.5 Å². The van der Waals surface area contributed by atoms with Crippen molar-refractivity contribution in [1.82, 2.24) is 24.9 Å². The summed E-state index contributed by atoms with van der Waals surface area (Å²) in [6, 6.07) is 8.26. The maximum Gasteiger partial charge on any atom is 0.243 e. The number of benzene rings is 1. The molecule has 1 aromatic heterocycles. The lowest BCUT2D eigenvalue weighted by molar-refractivity contribution is -0.142. The fourth-order valence-electron chi connectivity index (χ4n) is 4.29. The van der Waals surface area contributed by atoms with Gasteiger partial charge in [0, 0.05) is 31.6 Å². The third-order valence-corrected chi connectivity index (χ3v) is 6.84. The van der Waals surface area contributed by atoms with Gasteiger partial charge >= 0.3 is 0 Å². The van der Waals surface area contributed by atoms with Gasteiger partial charge in [-0.2, -0.15) is 5.10 Å². The molecule has 0 saturated carbocycles. The number of amides is 2. The predicted octanol–water partition coefficient (Wildman–Crippen LogP) is 3.57. The van der Waals surface area contributed by atoms with Gasteiger partial charge in [0.25, 0.3) is 0 Å². The minimum Gasteiger partial charge on any atom is -0.394 e. The van der Waals surface area contributed by atoms with Crippen LogP contribution in [0.5, 0.6) is 0 Å². The van der Waals surface area contributed by atoms with Gasteiger partial charge in [0.05, 0.1) is 31.0 Å². The van der Waals surface area contributed by atoms with Crippen molar-refractivity contribution in [3.05, 3.63) is 42.1 Å². The number of likely N-dealkylation sites (tertiary alicyclic amines) is 1. The number of rotatable bonds is 10. The largest absolute Gasteiger partial charge is 0.394 e. The Labute approximate surface area is 235 Å². The monoisotopic (exact) mass is 545 g/mol.